The zero-order chi connectivity index (χ0) is 17.8. The van der Waals surface area contributed by atoms with Gasteiger partial charge in [-0.2, -0.15) is 0 Å². The van der Waals surface area contributed by atoms with Crippen LogP contribution in [0.1, 0.15) is 23.8 Å². The van der Waals surface area contributed by atoms with Gasteiger partial charge in [-0.3, -0.25) is 4.79 Å². The molecule has 4 heteroatoms. The van der Waals surface area contributed by atoms with Crippen LogP contribution < -0.4 is 5.43 Å². The maximum absolute atomic E-state index is 13.1. The van der Waals surface area contributed by atoms with Gasteiger partial charge in [-0.05, 0) is 31.5 Å². The molecule has 0 saturated heterocycles. The van der Waals surface area contributed by atoms with Crippen molar-refractivity contribution in [2.24, 2.45) is 0 Å². The number of aryl methyl sites for hydroxylation is 1. The quantitative estimate of drug-likeness (QED) is 0.532. The van der Waals surface area contributed by atoms with E-state index in [2.05, 4.69) is 0 Å². The van der Waals surface area contributed by atoms with Gasteiger partial charge in [0.1, 0.15) is 11.3 Å². The average molecular weight is 334 g/mol. The van der Waals surface area contributed by atoms with Crippen LogP contribution in [-0.2, 0) is 9.53 Å². The monoisotopic (exact) mass is 334 g/mol. The number of fused-ring (bicyclic) bond motifs is 1. The van der Waals surface area contributed by atoms with Gasteiger partial charge in [-0.1, -0.05) is 42.5 Å². The van der Waals surface area contributed by atoms with Crippen molar-refractivity contribution >= 4 is 22.5 Å². The molecule has 4 nitrogen and oxygen atoms in total. The average Bonchev–Trinajstić information content (AvgIpc) is 2.62. The van der Waals surface area contributed by atoms with Gasteiger partial charge in [0, 0.05) is 11.6 Å². The second-order valence-corrected chi connectivity index (χ2v) is 5.53. The fraction of sp³-hybridized carbons (Fsp3) is 0.143. The van der Waals surface area contributed by atoms with Crippen LogP contribution in [-0.4, -0.2) is 12.6 Å². The normalized spacial score (nSPS) is 11.5. The lowest BCUT2D eigenvalue weighted by atomic mass is 9.95. The number of esters is 1. The fourth-order valence-corrected chi connectivity index (χ4v) is 2.79. The summed E-state index contributed by atoms with van der Waals surface area (Å²) in [7, 11) is 0. The molecule has 2 aromatic carbocycles. The molecule has 0 aliphatic heterocycles. The molecule has 0 amide bonds. The van der Waals surface area contributed by atoms with Gasteiger partial charge in [-0.15, -0.1) is 0 Å². The van der Waals surface area contributed by atoms with Crippen LogP contribution in [0, 0.1) is 6.92 Å². The second kappa shape index (κ2) is 7.18. The molecule has 3 aromatic rings. The Bertz CT molecular complexity index is 997. The first-order valence-electron chi connectivity index (χ1n) is 8.08. The Hall–Kier alpha value is -3.14. The first-order valence-corrected chi connectivity index (χ1v) is 8.08. The van der Waals surface area contributed by atoms with Crippen LogP contribution in [0.2, 0.25) is 0 Å². The van der Waals surface area contributed by atoms with Gasteiger partial charge < -0.3 is 9.15 Å². The Morgan fingerprint density at radius 2 is 1.76 bits per heavy atom. The highest BCUT2D eigenvalue weighted by molar-refractivity contribution is 5.97. The molecule has 1 heterocycles. The predicted molar refractivity (Wildman–Crippen MR) is 97.4 cm³/mol. The van der Waals surface area contributed by atoms with Crippen molar-refractivity contribution in [3.8, 4) is 0 Å². The number of carbonyl (C=O) groups is 1. The molecule has 0 spiro atoms. The number of hydrogen-bond donors (Lipinski definition) is 0. The van der Waals surface area contributed by atoms with Crippen molar-refractivity contribution in [2.45, 2.75) is 13.8 Å². The van der Waals surface area contributed by atoms with Gasteiger partial charge in [0.2, 0.25) is 5.43 Å². The van der Waals surface area contributed by atoms with Crippen LogP contribution in [0.4, 0.5) is 0 Å². The lowest BCUT2D eigenvalue weighted by molar-refractivity contribution is -0.137. The van der Waals surface area contributed by atoms with Gasteiger partial charge >= 0.3 is 5.97 Å². The molecule has 0 radical (unpaired) electrons. The molecular formula is C21H18O4. The largest absolute Gasteiger partial charge is 0.463 e. The van der Waals surface area contributed by atoms with Crippen LogP contribution in [0.5, 0.6) is 0 Å². The first kappa shape index (κ1) is 16.7. The zero-order valence-electron chi connectivity index (χ0n) is 14.1. The number of benzene rings is 2. The van der Waals surface area contributed by atoms with Gasteiger partial charge in [-0.25, -0.2) is 4.79 Å². The number of carbonyl (C=O) groups excluding carboxylic acids is 1. The molecule has 0 aliphatic carbocycles. The number of hydrogen-bond acceptors (Lipinski definition) is 4. The summed E-state index contributed by atoms with van der Waals surface area (Å²) in [5.74, 6) is -0.0311. The standard InChI is InChI=1S/C21H18O4/c1-3-24-19(22)13-17(15-9-5-4-6-10-15)20-14(2)25-18-12-8-7-11-16(18)21(20)23/h4-13H,3H2,1-2H3/b17-13+. The third-order valence-electron chi connectivity index (χ3n) is 3.88. The Morgan fingerprint density at radius 1 is 1.08 bits per heavy atom. The van der Waals surface area contributed by atoms with Gasteiger partial charge in [0.05, 0.1) is 17.6 Å². The minimum atomic E-state index is -0.492. The van der Waals surface area contributed by atoms with Crippen molar-refractivity contribution in [3.63, 3.8) is 0 Å². The minimum Gasteiger partial charge on any atom is -0.463 e. The van der Waals surface area contributed by atoms with Crippen molar-refractivity contribution < 1.29 is 13.9 Å². The Morgan fingerprint density at radius 3 is 2.48 bits per heavy atom. The van der Waals surface area contributed by atoms with Crippen molar-refractivity contribution in [1.29, 1.82) is 0 Å². The summed E-state index contributed by atoms with van der Waals surface area (Å²) in [6.45, 7) is 3.73. The maximum atomic E-state index is 13.1. The molecule has 0 unspecified atom stereocenters. The Labute approximate surface area is 145 Å². The van der Waals surface area contributed by atoms with Crippen LogP contribution in [0.3, 0.4) is 0 Å². The highest BCUT2D eigenvalue weighted by Crippen LogP contribution is 2.26. The van der Waals surface area contributed by atoms with Crippen molar-refractivity contribution in [3.05, 3.63) is 87.8 Å². The highest BCUT2D eigenvalue weighted by atomic mass is 16.5. The van der Waals surface area contributed by atoms with Crippen LogP contribution in [0.25, 0.3) is 16.5 Å². The summed E-state index contributed by atoms with van der Waals surface area (Å²) < 4.78 is 10.9. The van der Waals surface area contributed by atoms with E-state index < -0.39 is 5.97 Å². The summed E-state index contributed by atoms with van der Waals surface area (Å²) >= 11 is 0. The lowest BCUT2D eigenvalue weighted by Crippen LogP contribution is -2.13. The Balaban J connectivity index is 2.29. The van der Waals surface area contributed by atoms with E-state index in [0.29, 0.717) is 27.9 Å². The first-order chi connectivity index (χ1) is 12.1. The smallest absolute Gasteiger partial charge is 0.331 e. The predicted octanol–water partition coefficient (Wildman–Crippen LogP) is 4.10. The number of para-hydroxylation sites is 1. The zero-order valence-corrected chi connectivity index (χ0v) is 14.1. The van der Waals surface area contributed by atoms with E-state index in [4.69, 9.17) is 9.15 Å². The van der Waals surface area contributed by atoms with Crippen LogP contribution in [0.15, 0.2) is 69.9 Å². The van der Waals surface area contributed by atoms with E-state index in [-0.39, 0.29) is 12.0 Å². The summed E-state index contributed by atoms with van der Waals surface area (Å²) in [5, 5.41) is 0.480. The molecule has 3 rings (SSSR count). The molecular weight excluding hydrogens is 316 g/mol. The molecule has 0 fully saturated rings. The summed E-state index contributed by atoms with van der Waals surface area (Å²) in [5.41, 5.74) is 1.98. The number of rotatable bonds is 4. The molecule has 0 saturated carbocycles. The van der Waals surface area contributed by atoms with E-state index in [1.807, 2.05) is 36.4 Å². The topological polar surface area (TPSA) is 56.5 Å². The summed E-state index contributed by atoms with van der Waals surface area (Å²) in [4.78, 5) is 25.1. The number of ether oxygens (including phenoxy) is 1. The van der Waals surface area contributed by atoms with Crippen molar-refractivity contribution in [2.75, 3.05) is 6.61 Å². The van der Waals surface area contributed by atoms with E-state index in [0.717, 1.165) is 5.56 Å². The Kier molecular flexibility index (Phi) is 4.80. The summed E-state index contributed by atoms with van der Waals surface area (Å²) in [6.07, 6.45) is 1.35. The van der Waals surface area contributed by atoms with E-state index in [1.54, 1.807) is 32.0 Å². The fourth-order valence-electron chi connectivity index (χ4n) is 2.79. The third kappa shape index (κ3) is 3.38. The van der Waals surface area contributed by atoms with Gasteiger partial charge in [0.15, 0.2) is 0 Å². The lowest BCUT2D eigenvalue weighted by Gasteiger charge is -2.11. The maximum Gasteiger partial charge on any atom is 0.331 e. The molecule has 0 bridgehead atoms. The molecule has 126 valence electrons. The highest BCUT2D eigenvalue weighted by Gasteiger charge is 2.18. The SMILES string of the molecule is CCOC(=O)/C=C(\c1ccccc1)c1c(C)oc2ccccc2c1=O. The van der Waals surface area contributed by atoms with E-state index in [9.17, 15) is 9.59 Å². The summed E-state index contributed by atoms with van der Waals surface area (Å²) in [6, 6.07) is 16.4. The van der Waals surface area contributed by atoms with Crippen LogP contribution >= 0.6 is 0 Å². The minimum absolute atomic E-state index is 0.168. The third-order valence-corrected chi connectivity index (χ3v) is 3.88. The van der Waals surface area contributed by atoms with Crippen molar-refractivity contribution in [1.82, 2.24) is 0 Å². The van der Waals surface area contributed by atoms with E-state index in [1.165, 1.54) is 6.08 Å². The molecule has 0 aliphatic rings. The molecule has 25 heavy (non-hydrogen) atoms. The molecule has 1 aromatic heterocycles. The van der Waals surface area contributed by atoms with Gasteiger partial charge in [0.25, 0.3) is 0 Å². The molecule has 0 N–H and O–H groups in total. The second-order valence-electron chi connectivity index (χ2n) is 5.53. The molecule has 0 atom stereocenters. The van der Waals surface area contributed by atoms with E-state index >= 15 is 0 Å².